The van der Waals surface area contributed by atoms with Gasteiger partial charge in [0.1, 0.15) is 5.75 Å². The van der Waals surface area contributed by atoms with Gasteiger partial charge in [0.25, 0.3) is 5.56 Å². The van der Waals surface area contributed by atoms with E-state index in [2.05, 4.69) is 4.74 Å². The third-order valence-corrected chi connectivity index (χ3v) is 2.88. The molecule has 2 aromatic rings. The van der Waals surface area contributed by atoms with E-state index in [1.54, 1.807) is 6.92 Å². The fourth-order valence-electron chi connectivity index (χ4n) is 1.80. The van der Waals surface area contributed by atoms with Gasteiger partial charge >= 0.3 is 6.36 Å². The minimum Gasteiger partial charge on any atom is -0.406 e. The van der Waals surface area contributed by atoms with Gasteiger partial charge in [-0.2, -0.15) is 0 Å². The fourth-order valence-corrected chi connectivity index (χ4v) is 1.80. The molecule has 0 radical (unpaired) electrons. The summed E-state index contributed by atoms with van der Waals surface area (Å²) in [6, 6.07) is 6.74. The quantitative estimate of drug-likeness (QED) is 0.948. The molecule has 1 aromatic carbocycles. The standard InChI is InChI=1S/C14H13F3N2O2/c1-9-6-13(20)19(8-12(9)18)7-10-2-4-11(5-3-10)21-14(15,16)17/h2-6,8H,7,18H2,1H3. The summed E-state index contributed by atoms with van der Waals surface area (Å²) in [6.07, 6.45) is -3.21. The molecular formula is C14H13F3N2O2. The molecule has 1 heterocycles. The van der Waals surface area contributed by atoms with Crippen molar-refractivity contribution >= 4 is 5.69 Å². The number of anilines is 1. The molecule has 0 spiro atoms. The molecule has 2 rings (SSSR count). The Labute approximate surface area is 118 Å². The number of hydrogen-bond acceptors (Lipinski definition) is 3. The van der Waals surface area contributed by atoms with Crippen molar-refractivity contribution in [3.05, 3.63) is 58.0 Å². The van der Waals surface area contributed by atoms with E-state index in [1.165, 1.54) is 41.1 Å². The summed E-state index contributed by atoms with van der Waals surface area (Å²) in [7, 11) is 0. The van der Waals surface area contributed by atoms with Crippen LogP contribution in [-0.2, 0) is 6.54 Å². The Hall–Kier alpha value is -2.44. The van der Waals surface area contributed by atoms with Gasteiger partial charge in [-0.05, 0) is 30.2 Å². The number of aryl methyl sites for hydroxylation is 1. The van der Waals surface area contributed by atoms with E-state index >= 15 is 0 Å². The molecule has 0 saturated carbocycles. The van der Waals surface area contributed by atoms with Crippen LogP contribution in [0.4, 0.5) is 18.9 Å². The van der Waals surface area contributed by atoms with Gasteiger partial charge in [0, 0.05) is 12.3 Å². The number of ether oxygens (including phenoxy) is 1. The van der Waals surface area contributed by atoms with Crippen LogP contribution in [-0.4, -0.2) is 10.9 Å². The summed E-state index contributed by atoms with van der Waals surface area (Å²) in [5.41, 5.74) is 7.33. The Morgan fingerprint density at radius 1 is 1.24 bits per heavy atom. The summed E-state index contributed by atoms with van der Waals surface area (Å²) in [5.74, 6) is -0.304. The number of halogens is 3. The van der Waals surface area contributed by atoms with Crippen molar-refractivity contribution < 1.29 is 17.9 Å². The van der Waals surface area contributed by atoms with Crippen molar-refractivity contribution in [3.8, 4) is 5.75 Å². The highest BCUT2D eigenvalue weighted by atomic mass is 19.4. The van der Waals surface area contributed by atoms with Gasteiger partial charge < -0.3 is 15.0 Å². The van der Waals surface area contributed by atoms with Crippen LogP contribution in [0.25, 0.3) is 0 Å². The Bertz CT molecular complexity index is 691. The topological polar surface area (TPSA) is 57.2 Å². The Morgan fingerprint density at radius 2 is 1.86 bits per heavy atom. The van der Waals surface area contributed by atoms with Gasteiger partial charge in [-0.1, -0.05) is 12.1 Å². The summed E-state index contributed by atoms with van der Waals surface area (Å²) in [5, 5.41) is 0. The second-order valence-electron chi connectivity index (χ2n) is 4.57. The zero-order valence-corrected chi connectivity index (χ0v) is 11.1. The van der Waals surface area contributed by atoms with E-state index in [4.69, 9.17) is 5.73 Å². The number of benzene rings is 1. The van der Waals surface area contributed by atoms with Crippen molar-refractivity contribution in [3.63, 3.8) is 0 Å². The largest absolute Gasteiger partial charge is 0.573 e. The molecule has 0 aliphatic carbocycles. The lowest BCUT2D eigenvalue weighted by atomic mass is 10.2. The summed E-state index contributed by atoms with van der Waals surface area (Å²) in [6.45, 7) is 1.94. The van der Waals surface area contributed by atoms with Gasteiger partial charge in [0.2, 0.25) is 0 Å². The zero-order valence-electron chi connectivity index (χ0n) is 11.1. The van der Waals surface area contributed by atoms with Gasteiger partial charge in [-0.15, -0.1) is 13.2 Å². The van der Waals surface area contributed by atoms with Gasteiger partial charge in [-0.3, -0.25) is 4.79 Å². The first-order chi connectivity index (χ1) is 9.74. The van der Waals surface area contributed by atoms with Crippen LogP contribution in [0, 0.1) is 6.92 Å². The van der Waals surface area contributed by atoms with E-state index in [0.717, 1.165) is 0 Å². The predicted molar refractivity (Wildman–Crippen MR) is 72.1 cm³/mol. The molecule has 2 N–H and O–H groups in total. The maximum absolute atomic E-state index is 12.0. The molecule has 0 bridgehead atoms. The number of nitrogens with zero attached hydrogens (tertiary/aromatic N) is 1. The number of hydrogen-bond donors (Lipinski definition) is 1. The Kier molecular flexibility index (Phi) is 3.93. The second kappa shape index (κ2) is 5.51. The van der Waals surface area contributed by atoms with Gasteiger partial charge in [0.15, 0.2) is 0 Å². The van der Waals surface area contributed by atoms with E-state index in [1.807, 2.05) is 0 Å². The number of nitrogen functional groups attached to an aromatic ring is 1. The van der Waals surface area contributed by atoms with E-state index in [9.17, 15) is 18.0 Å². The van der Waals surface area contributed by atoms with Crippen molar-refractivity contribution in [1.82, 2.24) is 4.57 Å². The first kappa shape index (κ1) is 15.0. The summed E-state index contributed by atoms with van der Waals surface area (Å²) in [4.78, 5) is 11.8. The number of alkyl halides is 3. The number of nitrogens with two attached hydrogens (primary N) is 1. The van der Waals surface area contributed by atoms with Crippen molar-refractivity contribution in [2.24, 2.45) is 0 Å². The molecular weight excluding hydrogens is 285 g/mol. The smallest absolute Gasteiger partial charge is 0.406 e. The lowest BCUT2D eigenvalue weighted by molar-refractivity contribution is -0.274. The first-order valence-electron chi connectivity index (χ1n) is 6.06. The molecule has 0 amide bonds. The molecule has 0 unspecified atom stereocenters. The lowest BCUT2D eigenvalue weighted by Crippen LogP contribution is -2.20. The highest BCUT2D eigenvalue weighted by Crippen LogP contribution is 2.22. The number of pyridine rings is 1. The van der Waals surface area contributed by atoms with Crippen LogP contribution in [0.1, 0.15) is 11.1 Å². The van der Waals surface area contributed by atoms with E-state index in [-0.39, 0.29) is 17.9 Å². The molecule has 1 aromatic heterocycles. The predicted octanol–water partition coefficient (Wildman–Crippen LogP) is 2.69. The minimum absolute atomic E-state index is 0.218. The Morgan fingerprint density at radius 3 is 2.43 bits per heavy atom. The van der Waals surface area contributed by atoms with Crippen LogP contribution in [0.5, 0.6) is 5.75 Å². The first-order valence-corrected chi connectivity index (χ1v) is 6.06. The normalized spacial score (nSPS) is 11.4. The number of rotatable bonds is 3. The van der Waals surface area contributed by atoms with Crippen molar-refractivity contribution in [1.29, 1.82) is 0 Å². The van der Waals surface area contributed by atoms with Crippen LogP contribution < -0.4 is 16.0 Å². The monoisotopic (exact) mass is 298 g/mol. The zero-order chi connectivity index (χ0) is 15.6. The van der Waals surface area contributed by atoms with Crippen molar-refractivity contribution in [2.45, 2.75) is 19.8 Å². The highest BCUT2D eigenvalue weighted by molar-refractivity contribution is 5.43. The van der Waals surface area contributed by atoms with Crippen LogP contribution in [0.3, 0.4) is 0 Å². The van der Waals surface area contributed by atoms with E-state index in [0.29, 0.717) is 16.8 Å². The average Bonchev–Trinajstić information content (AvgIpc) is 2.36. The van der Waals surface area contributed by atoms with E-state index < -0.39 is 6.36 Å². The molecule has 0 fully saturated rings. The second-order valence-corrected chi connectivity index (χ2v) is 4.57. The Balaban J connectivity index is 2.18. The highest BCUT2D eigenvalue weighted by Gasteiger charge is 2.30. The SMILES string of the molecule is Cc1cc(=O)n(Cc2ccc(OC(F)(F)F)cc2)cc1N. The maximum Gasteiger partial charge on any atom is 0.573 e. The maximum atomic E-state index is 12.0. The molecule has 0 aliphatic rings. The van der Waals surface area contributed by atoms with Gasteiger partial charge in [-0.25, -0.2) is 0 Å². The molecule has 0 atom stereocenters. The molecule has 0 aliphatic heterocycles. The van der Waals surface area contributed by atoms with Crippen LogP contribution in [0.2, 0.25) is 0 Å². The fraction of sp³-hybridized carbons (Fsp3) is 0.214. The molecule has 7 heteroatoms. The van der Waals surface area contributed by atoms with Crippen LogP contribution in [0.15, 0.2) is 41.3 Å². The number of aromatic nitrogens is 1. The summed E-state index contributed by atoms with van der Waals surface area (Å²) >= 11 is 0. The third-order valence-electron chi connectivity index (χ3n) is 2.88. The molecule has 4 nitrogen and oxygen atoms in total. The molecule has 21 heavy (non-hydrogen) atoms. The average molecular weight is 298 g/mol. The van der Waals surface area contributed by atoms with Crippen LogP contribution >= 0.6 is 0 Å². The third kappa shape index (κ3) is 4.01. The minimum atomic E-state index is -4.72. The lowest BCUT2D eigenvalue weighted by Gasteiger charge is -2.11. The summed E-state index contributed by atoms with van der Waals surface area (Å²) < 4.78 is 41.3. The molecule has 112 valence electrons. The van der Waals surface area contributed by atoms with Crippen molar-refractivity contribution in [2.75, 3.05) is 5.73 Å². The van der Waals surface area contributed by atoms with Gasteiger partial charge in [0.05, 0.1) is 12.2 Å². The molecule has 0 saturated heterocycles.